The summed E-state index contributed by atoms with van der Waals surface area (Å²) in [6, 6.07) is 38.6. The molecule has 0 atom stereocenters. The molecule has 8 rings (SSSR count). The molecule has 0 saturated heterocycles. The first-order valence-corrected chi connectivity index (χ1v) is 18.7. The molecule has 56 heavy (non-hydrogen) atoms. The second-order valence-electron chi connectivity index (χ2n) is 14.1. The smallest absolute Gasteiger partial charge is 0.160 e. The van der Waals surface area contributed by atoms with E-state index in [1.807, 2.05) is 112 Å². The van der Waals surface area contributed by atoms with Gasteiger partial charge in [0.2, 0.25) is 0 Å². The van der Waals surface area contributed by atoms with E-state index < -0.39 is 0 Å². The summed E-state index contributed by atoms with van der Waals surface area (Å²) >= 11 is 0. The lowest BCUT2D eigenvalue weighted by atomic mass is 9.93. The highest BCUT2D eigenvalue weighted by atomic mass is 16.3. The zero-order chi connectivity index (χ0) is 38.9. The summed E-state index contributed by atoms with van der Waals surface area (Å²) in [6.45, 7) is 5.94. The number of hydrogen-bond donors (Lipinski definition) is 4. The van der Waals surface area contributed by atoms with Crippen molar-refractivity contribution in [3.8, 4) is 56.4 Å². The Labute approximate surface area is 326 Å². The number of benzene rings is 6. The minimum Gasteiger partial charge on any atom is -0.507 e. The fourth-order valence-corrected chi connectivity index (χ4v) is 7.52. The molecule has 4 N–H and O–H groups in total. The Kier molecular flexibility index (Phi) is 9.57. The number of hydrogen-bond acceptors (Lipinski definition) is 5. The molecule has 0 radical (unpaired) electrons. The van der Waals surface area contributed by atoms with Crippen LogP contribution < -0.4 is 0 Å². The maximum Gasteiger partial charge on any atom is 0.160 e. The lowest BCUT2D eigenvalue weighted by Gasteiger charge is -2.16. The molecule has 0 heterocycles. The largest absolute Gasteiger partial charge is 0.507 e. The van der Waals surface area contributed by atoms with Gasteiger partial charge in [-0.2, -0.15) is 0 Å². The van der Waals surface area contributed by atoms with Crippen molar-refractivity contribution >= 4 is 22.8 Å². The summed E-state index contributed by atoms with van der Waals surface area (Å²) in [5.41, 5.74) is 14.6. The van der Waals surface area contributed by atoms with Crippen LogP contribution in [0.5, 0.6) is 23.0 Å². The molecule has 0 aromatic heterocycles. The van der Waals surface area contributed by atoms with Gasteiger partial charge >= 0.3 is 0 Å². The average molecular weight is 733 g/mol. The van der Waals surface area contributed by atoms with Crippen LogP contribution >= 0.6 is 0 Å². The number of aliphatic imine (C=N–C) groups is 2. The van der Waals surface area contributed by atoms with E-state index in [4.69, 9.17) is 9.98 Å². The highest BCUT2D eigenvalue weighted by molar-refractivity contribution is 6.13. The minimum absolute atomic E-state index is 0.0588. The van der Waals surface area contributed by atoms with Gasteiger partial charge in [0.1, 0.15) is 23.0 Å². The molecule has 0 saturated carbocycles. The van der Waals surface area contributed by atoms with Crippen LogP contribution in [-0.4, -0.2) is 32.0 Å². The van der Waals surface area contributed by atoms with Crippen molar-refractivity contribution in [3.05, 3.63) is 184 Å². The van der Waals surface area contributed by atoms with E-state index in [1.54, 1.807) is 0 Å². The summed E-state index contributed by atoms with van der Waals surface area (Å²) < 4.78 is 0. The van der Waals surface area contributed by atoms with Gasteiger partial charge < -0.3 is 20.4 Å². The van der Waals surface area contributed by atoms with Crippen LogP contribution in [0.4, 0.5) is 0 Å². The molecule has 0 bridgehead atoms. The van der Waals surface area contributed by atoms with Crippen LogP contribution in [0.2, 0.25) is 0 Å². The topological polar surface area (TPSA) is 106 Å². The highest BCUT2D eigenvalue weighted by Crippen LogP contribution is 2.56. The van der Waals surface area contributed by atoms with Gasteiger partial charge in [0.05, 0.1) is 5.70 Å². The normalized spacial score (nSPS) is 13.7. The first kappa shape index (κ1) is 35.9. The van der Waals surface area contributed by atoms with Gasteiger partial charge in [-0.1, -0.05) is 116 Å². The molecular formula is C50H40N2O4. The zero-order valence-corrected chi connectivity index (χ0v) is 31.4. The van der Waals surface area contributed by atoms with Crippen LogP contribution in [0.3, 0.4) is 0 Å². The molecule has 6 nitrogen and oxygen atoms in total. The Hall–Kier alpha value is -7.14. The van der Waals surface area contributed by atoms with Crippen LogP contribution in [0.25, 0.3) is 44.7 Å². The van der Waals surface area contributed by atoms with Crippen molar-refractivity contribution in [2.45, 2.75) is 33.6 Å². The van der Waals surface area contributed by atoms with Gasteiger partial charge in [-0.25, -0.2) is 9.98 Å². The van der Waals surface area contributed by atoms with Gasteiger partial charge in [0, 0.05) is 57.2 Å². The van der Waals surface area contributed by atoms with Crippen LogP contribution in [0.15, 0.2) is 161 Å². The number of amidine groups is 1. The predicted octanol–water partition coefficient (Wildman–Crippen LogP) is 11.6. The SMILES string of the molecule is CC/C(C)=C(/N=C(N=C(C)c1ccc(C2=C=CC=C2)cc1)c1cccc(-c2ccccc2)c1)c1cc(O)c2c(c1O)Cc1c(-c3ccccc3)c(O)cc(O)c1-2. The maximum absolute atomic E-state index is 12.2. The summed E-state index contributed by atoms with van der Waals surface area (Å²) in [6.07, 6.45) is 6.70. The molecule has 0 spiro atoms. The van der Waals surface area contributed by atoms with Crippen molar-refractivity contribution < 1.29 is 20.4 Å². The van der Waals surface area contributed by atoms with E-state index in [2.05, 4.69) is 42.1 Å². The minimum atomic E-state index is -0.178. The van der Waals surface area contributed by atoms with Crippen LogP contribution in [0, 0.1) is 0 Å². The molecule has 0 unspecified atom stereocenters. The standard InChI is InChI=1S/C50H40N2O4/c1-4-30(2)48(41-28-42(53)47-40(49(41)56)27-39-45(36-18-9-6-10-19-36)43(54)29-44(55)46(39)47)52-50(38-21-13-20-37(26-38)34-14-7-5-8-15-34)51-31(3)32-22-24-35(25-23-32)33-16-11-12-17-33/h5-16,18-26,28-29,53-56H,4,27H2,1-3H3/b48-30+,51-31?,52-50?. The molecule has 0 fully saturated rings. The third-order valence-corrected chi connectivity index (χ3v) is 10.6. The Bertz CT molecular complexity index is 2710. The second-order valence-corrected chi connectivity index (χ2v) is 14.1. The van der Waals surface area contributed by atoms with Crippen molar-refractivity contribution in [1.82, 2.24) is 0 Å². The Morgan fingerprint density at radius 2 is 1.25 bits per heavy atom. The third kappa shape index (κ3) is 6.64. The number of allylic oxidation sites excluding steroid dienone is 4. The van der Waals surface area contributed by atoms with E-state index >= 15 is 0 Å². The fourth-order valence-electron chi connectivity index (χ4n) is 7.52. The maximum atomic E-state index is 12.2. The number of phenols is 4. The molecular weight excluding hydrogens is 693 g/mol. The van der Waals surface area contributed by atoms with E-state index in [9.17, 15) is 20.4 Å². The second kappa shape index (κ2) is 14.9. The van der Waals surface area contributed by atoms with Crippen molar-refractivity contribution in [3.63, 3.8) is 0 Å². The molecule has 0 aliphatic heterocycles. The fraction of sp³-hybridized carbons (Fsp3) is 0.100. The van der Waals surface area contributed by atoms with Crippen molar-refractivity contribution in [1.29, 1.82) is 0 Å². The third-order valence-electron chi connectivity index (χ3n) is 10.6. The molecule has 274 valence electrons. The first-order valence-electron chi connectivity index (χ1n) is 18.7. The Morgan fingerprint density at radius 1 is 0.607 bits per heavy atom. The lowest BCUT2D eigenvalue weighted by Crippen LogP contribution is -2.05. The summed E-state index contributed by atoms with van der Waals surface area (Å²) in [4.78, 5) is 10.4. The van der Waals surface area contributed by atoms with Crippen molar-refractivity contribution in [2.75, 3.05) is 0 Å². The molecule has 6 heteroatoms. The summed E-state index contributed by atoms with van der Waals surface area (Å²) in [7, 11) is 0. The Balaban J connectivity index is 1.28. The van der Waals surface area contributed by atoms with Crippen molar-refractivity contribution in [2.24, 2.45) is 9.98 Å². The van der Waals surface area contributed by atoms with Gasteiger partial charge in [0.15, 0.2) is 5.84 Å². The number of rotatable bonds is 8. The molecule has 6 aromatic carbocycles. The number of fused-ring (bicyclic) bond motifs is 3. The van der Waals surface area contributed by atoms with E-state index in [-0.39, 0.29) is 29.4 Å². The highest BCUT2D eigenvalue weighted by Gasteiger charge is 2.34. The van der Waals surface area contributed by atoms with Gasteiger partial charge in [-0.05, 0) is 83.5 Å². The molecule has 2 aliphatic carbocycles. The molecule has 0 amide bonds. The van der Waals surface area contributed by atoms with E-state index in [0.717, 1.165) is 50.2 Å². The Morgan fingerprint density at radius 3 is 1.93 bits per heavy atom. The summed E-state index contributed by atoms with van der Waals surface area (Å²) in [5.74, 6) is 0.00597. The number of phenolic OH excluding ortho intramolecular Hbond substituents is 4. The summed E-state index contributed by atoms with van der Waals surface area (Å²) in [5, 5.41) is 46.1. The predicted molar refractivity (Wildman–Crippen MR) is 227 cm³/mol. The van der Waals surface area contributed by atoms with E-state index in [1.165, 1.54) is 12.1 Å². The number of nitrogens with zero attached hydrogens (tertiary/aromatic N) is 2. The zero-order valence-electron chi connectivity index (χ0n) is 31.4. The van der Waals surface area contributed by atoms with Gasteiger partial charge in [0.25, 0.3) is 0 Å². The first-order chi connectivity index (χ1) is 27.2. The van der Waals surface area contributed by atoms with Crippen LogP contribution in [-0.2, 0) is 6.42 Å². The average Bonchev–Trinajstić information content (AvgIpc) is 3.92. The molecule has 2 aliphatic rings. The number of aromatic hydroxyl groups is 4. The molecule has 6 aromatic rings. The van der Waals surface area contributed by atoms with Crippen LogP contribution in [0.1, 0.15) is 60.6 Å². The van der Waals surface area contributed by atoms with E-state index in [0.29, 0.717) is 51.3 Å². The monoisotopic (exact) mass is 732 g/mol. The van der Waals surface area contributed by atoms with Gasteiger partial charge in [-0.15, -0.1) is 5.73 Å². The lowest BCUT2D eigenvalue weighted by molar-refractivity contribution is 0.450. The quantitative estimate of drug-likeness (QED) is 0.0540. The van der Waals surface area contributed by atoms with Gasteiger partial charge in [-0.3, -0.25) is 0 Å².